The Kier molecular flexibility index (Phi) is 4.79. The van der Waals surface area contributed by atoms with E-state index in [1.54, 1.807) is 23.9 Å². The van der Waals surface area contributed by atoms with Crippen LogP contribution in [0.25, 0.3) is 0 Å². The van der Waals surface area contributed by atoms with Crippen LogP contribution in [0.2, 0.25) is 0 Å². The van der Waals surface area contributed by atoms with Gasteiger partial charge in [-0.05, 0) is 18.6 Å². The van der Waals surface area contributed by atoms with E-state index in [0.29, 0.717) is 10.8 Å². The molecule has 1 heterocycles. The van der Waals surface area contributed by atoms with Crippen molar-refractivity contribution in [3.63, 3.8) is 0 Å². The molecule has 100 valence electrons. The molecule has 0 amide bonds. The fourth-order valence-electron chi connectivity index (χ4n) is 1.36. The molecule has 1 aromatic rings. The van der Waals surface area contributed by atoms with Crippen LogP contribution < -0.4 is 0 Å². The van der Waals surface area contributed by atoms with Crippen molar-refractivity contribution in [3.8, 4) is 0 Å². The first kappa shape index (κ1) is 15.0. The Labute approximate surface area is 113 Å². The first-order chi connectivity index (χ1) is 8.24. The van der Waals surface area contributed by atoms with Crippen LogP contribution in [-0.2, 0) is 5.41 Å². The molecule has 0 spiro atoms. The number of carbonyl (C=O) groups is 1. The molecular formula is C14H21NO2S. The number of aromatic carboxylic acids is 1. The molecule has 0 aromatic carbocycles. The topological polar surface area (TPSA) is 50.2 Å². The predicted octanol–water partition coefficient (Wildman–Crippen LogP) is 3.97. The van der Waals surface area contributed by atoms with Crippen LogP contribution in [0.5, 0.6) is 0 Å². The summed E-state index contributed by atoms with van der Waals surface area (Å²) in [5.41, 5.74) is 1.00. The summed E-state index contributed by atoms with van der Waals surface area (Å²) in [5.74, 6) is -0.895. The van der Waals surface area contributed by atoms with Crippen molar-refractivity contribution in [3.05, 3.63) is 23.4 Å². The highest BCUT2D eigenvalue weighted by molar-refractivity contribution is 7.99. The van der Waals surface area contributed by atoms with Crippen LogP contribution in [-0.4, -0.2) is 21.3 Å². The SMILES string of the molecule is CCC(C)Sc1cc(C(=O)O)cc(C(C)(C)C)n1. The van der Waals surface area contributed by atoms with Gasteiger partial charge >= 0.3 is 5.97 Å². The van der Waals surface area contributed by atoms with Gasteiger partial charge in [-0.1, -0.05) is 34.6 Å². The highest BCUT2D eigenvalue weighted by Gasteiger charge is 2.19. The van der Waals surface area contributed by atoms with Crippen LogP contribution in [0, 0.1) is 0 Å². The van der Waals surface area contributed by atoms with Gasteiger partial charge in [-0.25, -0.2) is 9.78 Å². The number of hydrogen-bond acceptors (Lipinski definition) is 3. The lowest BCUT2D eigenvalue weighted by Gasteiger charge is -2.19. The highest BCUT2D eigenvalue weighted by atomic mass is 32.2. The number of nitrogens with zero attached hydrogens (tertiary/aromatic N) is 1. The van der Waals surface area contributed by atoms with Gasteiger partial charge in [0.15, 0.2) is 0 Å². The summed E-state index contributed by atoms with van der Waals surface area (Å²) in [6, 6.07) is 3.33. The quantitative estimate of drug-likeness (QED) is 0.839. The number of carboxylic acid groups (broad SMARTS) is 1. The monoisotopic (exact) mass is 267 g/mol. The van der Waals surface area contributed by atoms with E-state index in [9.17, 15) is 4.79 Å². The number of thioether (sulfide) groups is 1. The van der Waals surface area contributed by atoms with Crippen molar-refractivity contribution >= 4 is 17.7 Å². The molecule has 1 atom stereocenters. The van der Waals surface area contributed by atoms with Gasteiger partial charge < -0.3 is 5.11 Å². The van der Waals surface area contributed by atoms with Gasteiger partial charge in [-0.15, -0.1) is 11.8 Å². The third-order valence-corrected chi connectivity index (χ3v) is 3.90. The molecule has 0 aliphatic carbocycles. The summed E-state index contributed by atoms with van der Waals surface area (Å²) in [5, 5.41) is 10.4. The third kappa shape index (κ3) is 4.02. The molecule has 1 N–H and O–H groups in total. The van der Waals surface area contributed by atoms with Gasteiger partial charge in [0.25, 0.3) is 0 Å². The molecule has 4 heteroatoms. The van der Waals surface area contributed by atoms with E-state index in [2.05, 4.69) is 18.8 Å². The lowest BCUT2D eigenvalue weighted by Crippen LogP contribution is -2.15. The molecule has 18 heavy (non-hydrogen) atoms. The van der Waals surface area contributed by atoms with E-state index in [1.165, 1.54) is 0 Å². The third-order valence-electron chi connectivity index (χ3n) is 2.71. The Hall–Kier alpha value is -1.03. The normalized spacial score (nSPS) is 13.4. The molecule has 0 bridgehead atoms. The number of pyridine rings is 1. The molecule has 1 unspecified atom stereocenters. The maximum Gasteiger partial charge on any atom is 0.335 e. The van der Waals surface area contributed by atoms with Crippen LogP contribution >= 0.6 is 11.8 Å². The van der Waals surface area contributed by atoms with E-state index < -0.39 is 5.97 Å². The second kappa shape index (κ2) is 5.74. The van der Waals surface area contributed by atoms with Crippen LogP contribution in [0.15, 0.2) is 17.2 Å². The molecule has 3 nitrogen and oxygen atoms in total. The average molecular weight is 267 g/mol. The summed E-state index contributed by atoms with van der Waals surface area (Å²) in [6.07, 6.45) is 1.04. The Balaban J connectivity index is 3.18. The van der Waals surface area contributed by atoms with Crippen LogP contribution in [0.1, 0.15) is 57.1 Å². The lowest BCUT2D eigenvalue weighted by molar-refractivity contribution is 0.0696. The summed E-state index contributed by atoms with van der Waals surface area (Å²) in [4.78, 5) is 15.7. The zero-order valence-corrected chi connectivity index (χ0v) is 12.5. The van der Waals surface area contributed by atoms with E-state index in [0.717, 1.165) is 17.1 Å². The maximum atomic E-state index is 11.2. The Bertz CT molecular complexity index is 438. The Morgan fingerprint density at radius 3 is 2.50 bits per heavy atom. The standard InChI is InChI=1S/C14H21NO2S/c1-6-9(2)18-12-8-10(13(16)17)7-11(15-12)14(3,4)5/h7-9H,6H2,1-5H3,(H,16,17). The van der Waals surface area contributed by atoms with E-state index in [4.69, 9.17) is 5.11 Å². The minimum Gasteiger partial charge on any atom is -0.478 e. The second-order valence-electron chi connectivity index (χ2n) is 5.47. The molecule has 0 radical (unpaired) electrons. The van der Waals surface area contributed by atoms with Crippen LogP contribution in [0.4, 0.5) is 0 Å². The number of hydrogen-bond donors (Lipinski definition) is 1. The molecule has 0 aliphatic rings. The Morgan fingerprint density at radius 1 is 1.44 bits per heavy atom. The van der Waals surface area contributed by atoms with Gasteiger partial charge in [0.05, 0.1) is 10.6 Å². The maximum absolute atomic E-state index is 11.2. The van der Waals surface area contributed by atoms with E-state index in [-0.39, 0.29) is 5.41 Å². The number of rotatable bonds is 4. The number of aromatic nitrogens is 1. The van der Waals surface area contributed by atoms with Crippen LogP contribution in [0.3, 0.4) is 0 Å². The minimum absolute atomic E-state index is 0.143. The molecule has 0 aliphatic heterocycles. The van der Waals surface area contributed by atoms with Crippen molar-refractivity contribution in [1.82, 2.24) is 4.98 Å². The fourth-order valence-corrected chi connectivity index (χ4v) is 2.29. The zero-order chi connectivity index (χ0) is 13.9. The average Bonchev–Trinajstić information content (AvgIpc) is 2.27. The van der Waals surface area contributed by atoms with Gasteiger partial charge in [-0.3, -0.25) is 0 Å². The highest BCUT2D eigenvalue weighted by Crippen LogP contribution is 2.28. The number of carboxylic acids is 1. The Morgan fingerprint density at radius 2 is 2.06 bits per heavy atom. The summed E-state index contributed by atoms with van der Waals surface area (Å²) < 4.78 is 0. The van der Waals surface area contributed by atoms with Crippen molar-refractivity contribution in [2.45, 2.75) is 56.7 Å². The molecular weight excluding hydrogens is 246 g/mol. The minimum atomic E-state index is -0.895. The molecule has 0 fully saturated rings. The fraction of sp³-hybridized carbons (Fsp3) is 0.571. The van der Waals surface area contributed by atoms with Crippen molar-refractivity contribution in [2.75, 3.05) is 0 Å². The molecule has 0 saturated heterocycles. The summed E-state index contributed by atoms with van der Waals surface area (Å²) in [6.45, 7) is 10.4. The molecule has 1 aromatic heterocycles. The molecule has 0 saturated carbocycles. The van der Waals surface area contributed by atoms with E-state index >= 15 is 0 Å². The second-order valence-corrected chi connectivity index (χ2v) is 6.93. The van der Waals surface area contributed by atoms with Gasteiger partial charge in [0, 0.05) is 16.4 Å². The van der Waals surface area contributed by atoms with Crippen molar-refractivity contribution < 1.29 is 9.90 Å². The smallest absolute Gasteiger partial charge is 0.335 e. The lowest BCUT2D eigenvalue weighted by atomic mass is 9.91. The first-order valence-electron chi connectivity index (χ1n) is 6.16. The van der Waals surface area contributed by atoms with Crippen molar-refractivity contribution in [2.24, 2.45) is 0 Å². The first-order valence-corrected chi connectivity index (χ1v) is 7.04. The van der Waals surface area contributed by atoms with Gasteiger partial charge in [0.2, 0.25) is 0 Å². The zero-order valence-electron chi connectivity index (χ0n) is 11.7. The van der Waals surface area contributed by atoms with Crippen molar-refractivity contribution in [1.29, 1.82) is 0 Å². The van der Waals surface area contributed by atoms with E-state index in [1.807, 2.05) is 20.8 Å². The van der Waals surface area contributed by atoms with Gasteiger partial charge in [0.1, 0.15) is 0 Å². The summed E-state index contributed by atoms with van der Waals surface area (Å²) >= 11 is 1.63. The largest absolute Gasteiger partial charge is 0.478 e. The summed E-state index contributed by atoms with van der Waals surface area (Å²) in [7, 11) is 0. The van der Waals surface area contributed by atoms with Gasteiger partial charge in [-0.2, -0.15) is 0 Å². The predicted molar refractivity (Wildman–Crippen MR) is 75.5 cm³/mol. The molecule has 1 rings (SSSR count).